The summed E-state index contributed by atoms with van der Waals surface area (Å²) in [5, 5.41) is 3.16. The smallest absolute Gasteiger partial charge is 0.231 e. The number of benzene rings is 2. The molecule has 1 N–H and O–H groups in total. The molecule has 0 aromatic heterocycles. The lowest BCUT2D eigenvalue weighted by molar-refractivity contribution is 0.174. The van der Waals surface area contributed by atoms with E-state index in [-0.39, 0.29) is 0 Å². The summed E-state index contributed by atoms with van der Waals surface area (Å²) in [6.45, 7) is 3.35. The molecule has 3 heteroatoms. The highest BCUT2D eigenvalue weighted by atomic mass is 16.7. The van der Waals surface area contributed by atoms with Crippen LogP contribution in [0.1, 0.15) is 22.3 Å². The maximum atomic E-state index is 5.45. The van der Waals surface area contributed by atoms with Crippen molar-refractivity contribution in [3.8, 4) is 11.5 Å². The molecule has 2 aromatic rings. The molecular weight excluding hydrogens is 250 g/mol. The van der Waals surface area contributed by atoms with Gasteiger partial charge < -0.3 is 14.8 Å². The van der Waals surface area contributed by atoms with Crippen molar-refractivity contribution in [1.29, 1.82) is 0 Å². The summed E-state index contributed by atoms with van der Waals surface area (Å²) in [5.41, 5.74) is 5.15. The van der Waals surface area contributed by atoms with Crippen LogP contribution in [0.3, 0.4) is 0 Å². The molecule has 0 fully saturated rings. The van der Waals surface area contributed by atoms with Gasteiger partial charge in [0.2, 0.25) is 6.79 Å². The number of nitrogens with one attached hydrogen (secondary N) is 1. The van der Waals surface area contributed by atoms with E-state index in [0.717, 1.165) is 24.5 Å². The molecule has 0 saturated heterocycles. The van der Waals surface area contributed by atoms with E-state index in [2.05, 4.69) is 48.6 Å². The van der Waals surface area contributed by atoms with Crippen molar-refractivity contribution in [2.24, 2.45) is 0 Å². The molecule has 0 spiro atoms. The number of aryl methyl sites for hydroxylation is 1. The van der Waals surface area contributed by atoms with E-state index in [1.807, 2.05) is 7.05 Å². The van der Waals surface area contributed by atoms with Crippen molar-refractivity contribution in [3.63, 3.8) is 0 Å². The van der Waals surface area contributed by atoms with Crippen LogP contribution >= 0.6 is 0 Å². The molecule has 3 rings (SSSR count). The summed E-state index contributed by atoms with van der Waals surface area (Å²) >= 11 is 0. The highest BCUT2D eigenvalue weighted by Gasteiger charge is 2.15. The van der Waals surface area contributed by atoms with Crippen LogP contribution in [0.5, 0.6) is 11.5 Å². The average Bonchev–Trinajstić information content (AvgIpc) is 2.89. The first kappa shape index (κ1) is 13.0. The van der Waals surface area contributed by atoms with Crippen molar-refractivity contribution in [2.45, 2.75) is 19.9 Å². The highest BCUT2D eigenvalue weighted by Crippen LogP contribution is 2.35. The van der Waals surface area contributed by atoms with E-state index in [9.17, 15) is 0 Å². The van der Waals surface area contributed by atoms with E-state index in [0.29, 0.717) is 6.79 Å². The molecule has 2 aromatic carbocycles. The lowest BCUT2D eigenvalue weighted by atomic mass is 9.99. The third-order valence-electron chi connectivity index (χ3n) is 3.63. The standard InChI is InChI=1S/C17H19NO2/c1-12-7-16-17(20-11-19-16)9-15(12)8-13-3-5-14(6-4-13)10-18-2/h3-7,9,18H,8,10-11H2,1-2H3. The molecule has 0 aliphatic carbocycles. The van der Waals surface area contributed by atoms with Crippen LogP contribution in [0.15, 0.2) is 36.4 Å². The third-order valence-corrected chi connectivity index (χ3v) is 3.63. The Labute approximate surface area is 119 Å². The van der Waals surface area contributed by atoms with Gasteiger partial charge in [-0.25, -0.2) is 0 Å². The van der Waals surface area contributed by atoms with Gasteiger partial charge in [0.15, 0.2) is 11.5 Å². The zero-order valence-electron chi connectivity index (χ0n) is 11.9. The molecule has 1 aliphatic rings. The lowest BCUT2D eigenvalue weighted by Gasteiger charge is -2.08. The second-order valence-corrected chi connectivity index (χ2v) is 5.16. The molecule has 3 nitrogen and oxygen atoms in total. The van der Waals surface area contributed by atoms with Gasteiger partial charge in [0.05, 0.1) is 0 Å². The molecular formula is C17H19NO2. The Morgan fingerprint density at radius 3 is 2.35 bits per heavy atom. The van der Waals surface area contributed by atoms with Crippen molar-refractivity contribution in [3.05, 3.63) is 58.7 Å². The largest absolute Gasteiger partial charge is 0.454 e. The number of hydrogen-bond donors (Lipinski definition) is 1. The fourth-order valence-electron chi connectivity index (χ4n) is 2.48. The average molecular weight is 269 g/mol. The first-order valence-electron chi connectivity index (χ1n) is 6.88. The summed E-state index contributed by atoms with van der Waals surface area (Å²) in [4.78, 5) is 0. The molecule has 20 heavy (non-hydrogen) atoms. The second kappa shape index (κ2) is 5.55. The summed E-state index contributed by atoms with van der Waals surface area (Å²) in [6, 6.07) is 12.9. The van der Waals surface area contributed by atoms with Crippen LogP contribution in [0, 0.1) is 6.92 Å². The first-order valence-corrected chi connectivity index (χ1v) is 6.88. The van der Waals surface area contributed by atoms with Gasteiger partial charge in [-0.1, -0.05) is 24.3 Å². The summed E-state index contributed by atoms with van der Waals surface area (Å²) in [7, 11) is 1.96. The minimum Gasteiger partial charge on any atom is -0.454 e. The quantitative estimate of drug-likeness (QED) is 0.925. The topological polar surface area (TPSA) is 30.5 Å². The number of ether oxygens (including phenoxy) is 2. The van der Waals surface area contributed by atoms with Crippen LogP contribution in [0.4, 0.5) is 0 Å². The maximum Gasteiger partial charge on any atom is 0.231 e. The predicted molar refractivity (Wildman–Crippen MR) is 79.3 cm³/mol. The zero-order valence-corrected chi connectivity index (χ0v) is 11.9. The van der Waals surface area contributed by atoms with Crippen LogP contribution in [0.25, 0.3) is 0 Å². The highest BCUT2D eigenvalue weighted by molar-refractivity contribution is 5.49. The monoisotopic (exact) mass is 269 g/mol. The molecule has 0 bridgehead atoms. The van der Waals surface area contributed by atoms with Gasteiger partial charge in [0, 0.05) is 6.54 Å². The lowest BCUT2D eigenvalue weighted by Crippen LogP contribution is -2.04. The maximum absolute atomic E-state index is 5.45. The summed E-state index contributed by atoms with van der Waals surface area (Å²) < 4.78 is 10.9. The molecule has 104 valence electrons. The van der Waals surface area contributed by atoms with E-state index >= 15 is 0 Å². The molecule has 0 amide bonds. The Morgan fingerprint density at radius 1 is 1.00 bits per heavy atom. The van der Waals surface area contributed by atoms with E-state index in [1.165, 1.54) is 22.3 Å². The van der Waals surface area contributed by atoms with Crippen molar-refractivity contribution in [2.75, 3.05) is 13.8 Å². The predicted octanol–water partition coefficient (Wildman–Crippen LogP) is 3.03. The third kappa shape index (κ3) is 2.63. The Balaban J connectivity index is 1.80. The van der Waals surface area contributed by atoms with E-state index < -0.39 is 0 Å². The zero-order chi connectivity index (χ0) is 13.9. The summed E-state index contributed by atoms with van der Waals surface area (Å²) in [6.07, 6.45) is 0.919. The van der Waals surface area contributed by atoms with Crippen LogP contribution in [-0.4, -0.2) is 13.8 Å². The molecule has 0 saturated carbocycles. The van der Waals surface area contributed by atoms with E-state index in [1.54, 1.807) is 0 Å². The van der Waals surface area contributed by atoms with Gasteiger partial charge >= 0.3 is 0 Å². The molecule has 1 aliphatic heterocycles. The van der Waals surface area contributed by atoms with Gasteiger partial charge in [0.1, 0.15) is 0 Å². The summed E-state index contributed by atoms with van der Waals surface area (Å²) in [5.74, 6) is 1.72. The molecule has 0 atom stereocenters. The number of fused-ring (bicyclic) bond motifs is 1. The Hall–Kier alpha value is -2.00. The van der Waals surface area contributed by atoms with E-state index in [4.69, 9.17) is 9.47 Å². The van der Waals surface area contributed by atoms with Gasteiger partial charge in [-0.05, 0) is 54.8 Å². The van der Waals surface area contributed by atoms with Crippen molar-refractivity contribution in [1.82, 2.24) is 5.32 Å². The van der Waals surface area contributed by atoms with Crippen molar-refractivity contribution >= 4 is 0 Å². The molecule has 0 radical (unpaired) electrons. The number of rotatable bonds is 4. The Kier molecular flexibility index (Phi) is 3.61. The fourth-order valence-corrected chi connectivity index (χ4v) is 2.48. The van der Waals surface area contributed by atoms with Crippen LogP contribution in [0.2, 0.25) is 0 Å². The van der Waals surface area contributed by atoms with Gasteiger partial charge in [-0.3, -0.25) is 0 Å². The minimum absolute atomic E-state index is 0.330. The Morgan fingerprint density at radius 2 is 1.65 bits per heavy atom. The van der Waals surface area contributed by atoms with Gasteiger partial charge in [-0.15, -0.1) is 0 Å². The first-order chi connectivity index (χ1) is 9.76. The normalized spacial score (nSPS) is 12.7. The SMILES string of the molecule is CNCc1ccc(Cc2cc3c(cc2C)OCO3)cc1. The fraction of sp³-hybridized carbons (Fsp3) is 0.294. The number of hydrogen-bond acceptors (Lipinski definition) is 3. The molecule has 0 unspecified atom stereocenters. The van der Waals surface area contributed by atoms with Crippen LogP contribution < -0.4 is 14.8 Å². The molecule has 1 heterocycles. The van der Waals surface area contributed by atoms with Crippen LogP contribution in [-0.2, 0) is 13.0 Å². The van der Waals surface area contributed by atoms with Gasteiger partial charge in [0.25, 0.3) is 0 Å². The van der Waals surface area contributed by atoms with Crippen molar-refractivity contribution < 1.29 is 9.47 Å². The minimum atomic E-state index is 0.330. The van der Waals surface area contributed by atoms with Gasteiger partial charge in [-0.2, -0.15) is 0 Å². The second-order valence-electron chi connectivity index (χ2n) is 5.16. The Bertz CT molecular complexity index is 605.